The second kappa shape index (κ2) is 8.97. The fourth-order valence-electron chi connectivity index (χ4n) is 2.41. The van der Waals surface area contributed by atoms with Crippen molar-refractivity contribution < 1.29 is 23.6 Å². The van der Waals surface area contributed by atoms with Crippen molar-refractivity contribution in [2.24, 2.45) is 0 Å². The predicted octanol–water partition coefficient (Wildman–Crippen LogP) is 4.61. The van der Waals surface area contributed by atoms with Crippen LogP contribution in [-0.4, -0.2) is 28.4 Å². The number of nitro groups is 1. The van der Waals surface area contributed by atoms with Crippen LogP contribution in [0.2, 0.25) is 5.02 Å². The van der Waals surface area contributed by atoms with Crippen molar-refractivity contribution in [2.45, 2.75) is 6.92 Å². The summed E-state index contributed by atoms with van der Waals surface area (Å²) in [6.07, 6.45) is 0. The molecular formula is C19H13ClFN3O5S. The molecule has 0 unspecified atom stereocenters. The van der Waals surface area contributed by atoms with Gasteiger partial charge < -0.3 is 10.1 Å². The number of benzene rings is 2. The maximum Gasteiger partial charge on any atom is 0.350 e. The molecule has 1 amide bonds. The minimum absolute atomic E-state index is 0.0273. The standard InChI is InChI=1S/C19H13ClFN3O5S/c1-10-17(30-18(22-10)11-2-4-12(21)5-3-11)19(26)29-9-16(25)23-15-8-13(24(27)28)6-7-14(15)20/h2-8H,9H2,1H3,(H,23,25). The number of non-ortho nitro benzene ring substituents is 1. The van der Waals surface area contributed by atoms with Crippen LogP contribution in [0.5, 0.6) is 0 Å². The Bertz CT molecular complexity index is 1130. The Balaban J connectivity index is 1.64. The lowest BCUT2D eigenvalue weighted by atomic mass is 10.2. The van der Waals surface area contributed by atoms with Gasteiger partial charge in [0, 0.05) is 17.7 Å². The minimum Gasteiger partial charge on any atom is -0.451 e. The molecule has 30 heavy (non-hydrogen) atoms. The summed E-state index contributed by atoms with van der Waals surface area (Å²) < 4.78 is 18.1. The van der Waals surface area contributed by atoms with E-state index in [0.717, 1.165) is 17.4 Å². The molecule has 0 aliphatic rings. The summed E-state index contributed by atoms with van der Waals surface area (Å²) in [5.74, 6) is -1.85. The fraction of sp³-hybridized carbons (Fsp3) is 0.105. The Morgan fingerprint density at radius 3 is 2.63 bits per heavy atom. The molecule has 0 atom stereocenters. The van der Waals surface area contributed by atoms with Gasteiger partial charge in [-0.25, -0.2) is 14.2 Å². The quantitative estimate of drug-likeness (QED) is 0.334. The average molecular weight is 450 g/mol. The van der Waals surface area contributed by atoms with Gasteiger partial charge in [0.2, 0.25) is 0 Å². The van der Waals surface area contributed by atoms with Gasteiger partial charge in [-0.05, 0) is 37.3 Å². The van der Waals surface area contributed by atoms with Crippen LogP contribution in [0.3, 0.4) is 0 Å². The highest BCUT2D eigenvalue weighted by Gasteiger charge is 2.19. The molecule has 2 aromatic carbocycles. The van der Waals surface area contributed by atoms with E-state index in [0.29, 0.717) is 16.3 Å². The molecule has 0 bridgehead atoms. The summed E-state index contributed by atoms with van der Waals surface area (Å²) in [4.78, 5) is 39.1. The number of anilines is 1. The Labute approximate surface area is 178 Å². The highest BCUT2D eigenvalue weighted by atomic mass is 35.5. The van der Waals surface area contributed by atoms with Crippen LogP contribution in [0.25, 0.3) is 10.6 Å². The average Bonchev–Trinajstić information content (AvgIpc) is 3.10. The van der Waals surface area contributed by atoms with Gasteiger partial charge in [0.1, 0.15) is 15.7 Å². The zero-order valence-corrected chi connectivity index (χ0v) is 16.9. The number of esters is 1. The lowest BCUT2D eigenvalue weighted by Gasteiger charge is -2.07. The molecule has 0 spiro atoms. The fourth-order valence-corrected chi connectivity index (χ4v) is 3.54. The van der Waals surface area contributed by atoms with Crippen molar-refractivity contribution in [3.05, 3.63) is 74.0 Å². The molecular weight excluding hydrogens is 437 g/mol. The van der Waals surface area contributed by atoms with Crippen molar-refractivity contribution in [3.63, 3.8) is 0 Å². The van der Waals surface area contributed by atoms with E-state index < -0.39 is 23.4 Å². The monoisotopic (exact) mass is 449 g/mol. The topological polar surface area (TPSA) is 111 Å². The third kappa shape index (κ3) is 4.97. The van der Waals surface area contributed by atoms with E-state index in [9.17, 15) is 24.1 Å². The number of aryl methyl sites for hydroxylation is 1. The van der Waals surface area contributed by atoms with E-state index in [4.69, 9.17) is 16.3 Å². The Morgan fingerprint density at radius 2 is 1.97 bits per heavy atom. The van der Waals surface area contributed by atoms with E-state index in [2.05, 4.69) is 10.3 Å². The largest absolute Gasteiger partial charge is 0.451 e. The Morgan fingerprint density at radius 1 is 1.27 bits per heavy atom. The number of thiazole rings is 1. The Hall–Kier alpha value is -3.37. The van der Waals surface area contributed by atoms with Crippen LogP contribution in [0.4, 0.5) is 15.8 Å². The zero-order valence-electron chi connectivity index (χ0n) is 15.3. The number of ether oxygens (including phenoxy) is 1. The van der Waals surface area contributed by atoms with Crippen LogP contribution in [0.1, 0.15) is 15.4 Å². The molecule has 0 saturated carbocycles. The highest BCUT2D eigenvalue weighted by Crippen LogP contribution is 2.29. The first-order chi connectivity index (χ1) is 14.2. The van der Waals surface area contributed by atoms with E-state index >= 15 is 0 Å². The summed E-state index contributed by atoms with van der Waals surface area (Å²) in [6.45, 7) is 0.990. The van der Waals surface area contributed by atoms with E-state index in [-0.39, 0.29) is 27.1 Å². The molecule has 1 N–H and O–H groups in total. The molecule has 3 aromatic rings. The molecule has 0 saturated heterocycles. The van der Waals surface area contributed by atoms with Gasteiger partial charge in [0.15, 0.2) is 6.61 Å². The van der Waals surface area contributed by atoms with Crippen LogP contribution < -0.4 is 5.32 Å². The molecule has 0 aliphatic carbocycles. The first-order valence-electron chi connectivity index (χ1n) is 8.39. The Kier molecular flexibility index (Phi) is 6.38. The molecule has 1 aromatic heterocycles. The van der Waals surface area contributed by atoms with Gasteiger partial charge in [-0.1, -0.05) is 11.6 Å². The normalized spacial score (nSPS) is 10.5. The summed E-state index contributed by atoms with van der Waals surface area (Å²) in [6, 6.07) is 9.23. The molecule has 154 valence electrons. The number of hydrogen-bond donors (Lipinski definition) is 1. The molecule has 3 rings (SSSR count). The number of nitro benzene ring substituents is 1. The van der Waals surface area contributed by atoms with Gasteiger partial charge in [-0.3, -0.25) is 14.9 Å². The van der Waals surface area contributed by atoms with Crippen molar-refractivity contribution >= 4 is 46.2 Å². The number of nitrogens with one attached hydrogen (secondary N) is 1. The van der Waals surface area contributed by atoms with E-state index in [1.165, 1.54) is 24.3 Å². The van der Waals surface area contributed by atoms with Gasteiger partial charge in [-0.2, -0.15) is 0 Å². The third-order valence-electron chi connectivity index (χ3n) is 3.84. The number of rotatable bonds is 6. The van der Waals surface area contributed by atoms with Crippen molar-refractivity contribution in [2.75, 3.05) is 11.9 Å². The first-order valence-corrected chi connectivity index (χ1v) is 9.58. The number of aromatic nitrogens is 1. The number of nitrogens with zero attached hydrogens (tertiary/aromatic N) is 2. The predicted molar refractivity (Wildman–Crippen MR) is 109 cm³/mol. The van der Waals surface area contributed by atoms with Crippen LogP contribution >= 0.6 is 22.9 Å². The van der Waals surface area contributed by atoms with Crippen LogP contribution in [-0.2, 0) is 9.53 Å². The summed E-state index contributed by atoms with van der Waals surface area (Å²) in [5, 5.41) is 13.8. The van der Waals surface area contributed by atoms with Crippen LogP contribution in [0, 0.1) is 22.9 Å². The molecule has 0 fully saturated rings. The lowest BCUT2D eigenvalue weighted by molar-refractivity contribution is -0.384. The maximum atomic E-state index is 13.1. The molecule has 8 nitrogen and oxygen atoms in total. The number of amides is 1. The first kappa shape index (κ1) is 21.3. The number of carbonyl (C=O) groups excluding carboxylic acids is 2. The molecule has 0 radical (unpaired) electrons. The molecule has 11 heteroatoms. The highest BCUT2D eigenvalue weighted by molar-refractivity contribution is 7.17. The summed E-state index contributed by atoms with van der Waals surface area (Å²) in [7, 11) is 0. The second-order valence-corrected chi connectivity index (χ2v) is 7.39. The van der Waals surface area contributed by atoms with Gasteiger partial charge in [-0.15, -0.1) is 11.3 Å². The van der Waals surface area contributed by atoms with Gasteiger partial charge in [0.05, 0.1) is 21.3 Å². The zero-order chi connectivity index (χ0) is 21.8. The lowest BCUT2D eigenvalue weighted by Crippen LogP contribution is -2.21. The van der Waals surface area contributed by atoms with Crippen molar-refractivity contribution in [3.8, 4) is 10.6 Å². The molecule has 0 aliphatic heterocycles. The van der Waals surface area contributed by atoms with Gasteiger partial charge in [0.25, 0.3) is 11.6 Å². The van der Waals surface area contributed by atoms with Gasteiger partial charge >= 0.3 is 5.97 Å². The smallest absolute Gasteiger partial charge is 0.350 e. The minimum atomic E-state index is -0.751. The summed E-state index contributed by atoms with van der Waals surface area (Å²) in [5.41, 5.74) is 0.827. The van der Waals surface area contributed by atoms with E-state index in [1.54, 1.807) is 19.1 Å². The SMILES string of the molecule is Cc1nc(-c2ccc(F)cc2)sc1C(=O)OCC(=O)Nc1cc([N+](=O)[O-])ccc1Cl. The van der Waals surface area contributed by atoms with Crippen LogP contribution in [0.15, 0.2) is 42.5 Å². The molecule has 1 heterocycles. The number of halogens is 2. The third-order valence-corrected chi connectivity index (χ3v) is 5.36. The summed E-state index contributed by atoms with van der Waals surface area (Å²) >= 11 is 6.97. The number of hydrogen-bond acceptors (Lipinski definition) is 7. The second-order valence-electron chi connectivity index (χ2n) is 5.99. The van der Waals surface area contributed by atoms with Crippen molar-refractivity contribution in [1.29, 1.82) is 0 Å². The van der Waals surface area contributed by atoms with Crippen molar-refractivity contribution in [1.82, 2.24) is 4.98 Å². The maximum absolute atomic E-state index is 13.1. The van der Waals surface area contributed by atoms with E-state index in [1.807, 2.05) is 0 Å². The number of carbonyl (C=O) groups is 2.